The normalized spacial score (nSPS) is 18.6. The van der Waals surface area contributed by atoms with Crippen LogP contribution >= 0.6 is 11.6 Å². The number of hydrogen-bond donors (Lipinski definition) is 1. The molecular formula is C28H32ClFN6O. The van der Waals surface area contributed by atoms with Crippen molar-refractivity contribution >= 4 is 34.7 Å². The van der Waals surface area contributed by atoms with E-state index in [1.165, 1.54) is 6.07 Å². The third kappa shape index (κ3) is 5.40. The highest BCUT2D eigenvalue weighted by atomic mass is 35.5. The first-order valence-corrected chi connectivity index (χ1v) is 13.1. The first-order chi connectivity index (χ1) is 18.1. The van der Waals surface area contributed by atoms with Gasteiger partial charge in [0.15, 0.2) is 0 Å². The lowest BCUT2D eigenvalue weighted by Crippen LogP contribution is -2.38. The Morgan fingerprint density at radius 3 is 2.89 bits per heavy atom. The van der Waals surface area contributed by atoms with Crippen molar-refractivity contribution in [2.24, 2.45) is 5.10 Å². The van der Waals surface area contributed by atoms with Crippen molar-refractivity contribution in [1.29, 1.82) is 0 Å². The first kappa shape index (κ1) is 25.4. The highest BCUT2D eigenvalue weighted by molar-refractivity contribution is 6.32. The number of pyridine rings is 2. The van der Waals surface area contributed by atoms with Gasteiger partial charge in [0.05, 0.1) is 35.2 Å². The number of hydrogen-bond acceptors (Lipinski definition) is 7. The van der Waals surface area contributed by atoms with Crippen molar-refractivity contribution in [3.63, 3.8) is 0 Å². The Morgan fingerprint density at radius 2 is 2.11 bits per heavy atom. The molecule has 3 aromatic rings. The van der Waals surface area contributed by atoms with E-state index in [1.54, 1.807) is 31.6 Å². The summed E-state index contributed by atoms with van der Waals surface area (Å²) in [6.07, 6.45) is 9.76. The summed E-state index contributed by atoms with van der Waals surface area (Å²) < 4.78 is 19.7. The van der Waals surface area contributed by atoms with Crippen LogP contribution in [0.15, 0.2) is 54.4 Å². The Balaban J connectivity index is 1.44. The van der Waals surface area contributed by atoms with Gasteiger partial charge in [-0.15, -0.1) is 0 Å². The van der Waals surface area contributed by atoms with Crippen LogP contribution in [0.4, 0.5) is 10.2 Å². The molecule has 9 heteroatoms. The second-order valence-corrected chi connectivity index (χ2v) is 9.81. The van der Waals surface area contributed by atoms with Gasteiger partial charge < -0.3 is 15.0 Å². The number of halogens is 2. The molecule has 0 aliphatic carbocycles. The molecular weight excluding hydrogens is 491 g/mol. The van der Waals surface area contributed by atoms with E-state index < -0.39 is 0 Å². The average molecular weight is 523 g/mol. The number of nitrogens with zero attached hydrogens (tertiary/aromatic N) is 5. The highest BCUT2D eigenvalue weighted by Crippen LogP contribution is 2.40. The predicted molar refractivity (Wildman–Crippen MR) is 147 cm³/mol. The number of fused-ring (bicyclic) bond motifs is 1. The summed E-state index contributed by atoms with van der Waals surface area (Å²) in [6, 6.07) is 8.94. The van der Waals surface area contributed by atoms with Gasteiger partial charge in [-0.3, -0.25) is 9.99 Å². The van der Waals surface area contributed by atoms with Crippen LogP contribution in [0.1, 0.15) is 42.9 Å². The van der Waals surface area contributed by atoms with Crippen LogP contribution in [0, 0.1) is 5.82 Å². The summed E-state index contributed by atoms with van der Waals surface area (Å²) in [5.41, 5.74) is 3.24. The minimum atomic E-state index is -0.273. The van der Waals surface area contributed by atoms with Gasteiger partial charge in [-0.05, 0) is 69.1 Å². The van der Waals surface area contributed by atoms with Gasteiger partial charge in [0.2, 0.25) is 0 Å². The molecule has 0 saturated carbocycles. The minimum Gasteiger partial charge on any atom is -0.496 e. The molecule has 7 nitrogen and oxygen atoms in total. The van der Waals surface area contributed by atoms with E-state index in [0.717, 1.165) is 73.3 Å². The lowest BCUT2D eigenvalue weighted by molar-refractivity contribution is 0.235. The summed E-state index contributed by atoms with van der Waals surface area (Å²) in [5, 5.41) is 10.6. The van der Waals surface area contributed by atoms with Gasteiger partial charge in [0.1, 0.15) is 17.4 Å². The van der Waals surface area contributed by atoms with Crippen LogP contribution in [0.25, 0.3) is 11.0 Å². The quantitative estimate of drug-likeness (QED) is 0.311. The van der Waals surface area contributed by atoms with Gasteiger partial charge in [0, 0.05) is 42.7 Å². The van der Waals surface area contributed by atoms with Crippen molar-refractivity contribution in [1.82, 2.24) is 20.3 Å². The molecule has 2 aromatic heterocycles. The van der Waals surface area contributed by atoms with E-state index in [9.17, 15) is 4.39 Å². The molecule has 1 atom stereocenters. The Hall–Kier alpha value is -3.23. The van der Waals surface area contributed by atoms with Gasteiger partial charge in [-0.2, -0.15) is 5.10 Å². The van der Waals surface area contributed by atoms with Crippen molar-refractivity contribution in [3.05, 3.63) is 71.3 Å². The van der Waals surface area contributed by atoms with Crippen molar-refractivity contribution < 1.29 is 9.13 Å². The second-order valence-electron chi connectivity index (χ2n) is 9.41. The Morgan fingerprint density at radius 1 is 1.27 bits per heavy atom. The molecule has 1 aromatic carbocycles. The van der Waals surface area contributed by atoms with Gasteiger partial charge in [-0.25, -0.2) is 9.37 Å². The van der Waals surface area contributed by atoms with E-state index in [2.05, 4.69) is 26.9 Å². The summed E-state index contributed by atoms with van der Waals surface area (Å²) in [5.74, 6) is 1.22. The van der Waals surface area contributed by atoms with E-state index in [4.69, 9.17) is 21.3 Å². The molecule has 0 spiro atoms. The monoisotopic (exact) mass is 522 g/mol. The first-order valence-electron chi connectivity index (χ1n) is 12.8. The van der Waals surface area contributed by atoms with Crippen molar-refractivity contribution in [2.45, 2.75) is 44.2 Å². The van der Waals surface area contributed by atoms with Crippen LogP contribution in [0.3, 0.4) is 0 Å². The highest BCUT2D eigenvalue weighted by Gasteiger charge is 2.30. The molecule has 194 valence electrons. The third-order valence-electron chi connectivity index (χ3n) is 7.23. The number of ether oxygens (including phenoxy) is 1. The fraction of sp³-hybridized carbons (Fsp3) is 0.393. The maximum Gasteiger partial charge on any atom is 0.129 e. The molecule has 5 rings (SSSR count). The fourth-order valence-electron chi connectivity index (χ4n) is 5.36. The zero-order valence-corrected chi connectivity index (χ0v) is 21.8. The van der Waals surface area contributed by atoms with Gasteiger partial charge in [-0.1, -0.05) is 18.2 Å². The fourth-order valence-corrected chi connectivity index (χ4v) is 5.57. The summed E-state index contributed by atoms with van der Waals surface area (Å²) in [4.78, 5) is 11.7. The molecule has 37 heavy (non-hydrogen) atoms. The summed E-state index contributed by atoms with van der Waals surface area (Å²) in [7, 11) is 1.62. The minimum absolute atomic E-state index is 0.0288. The molecule has 4 heterocycles. The molecule has 0 bridgehead atoms. The maximum absolute atomic E-state index is 14.2. The van der Waals surface area contributed by atoms with Gasteiger partial charge in [0.25, 0.3) is 0 Å². The predicted octanol–water partition coefficient (Wildman–Crippen LogP) is 5.50. The Bertz CT molecular complexity index is 1300. The molecule has 0 radical (unpaired) electrons. The zero-order valence-electron chi connectivity index (χ0n) is 21.0. The van der Waals surface area contributed by atoms with Crippen LogP contribution in [0.2, 0.25) is 5.02 Å². The maximum atomic E-state index is 14.2. The molecule has 2 aliphatic rings. The smallest absolute Gasteiger partial charge is 0.129 e. The topological polar surface area (TPSA) is 65.9 Å². The number of anilines is 1. The summed E-state index contributed by atoms with van der Waals surface area (Å²) in [6.45, 7) is 6.72. The number of methoxy groups -OCH3 is 1. The average Bonchev–Trinajstić information content (AvgIpc) is 3.42. The molecule has 0 unspecified atom stereocenters. The molecule has 2 aliphatic heterocycles. The standard InChI is InChI=1S/C28H32ClFN6O/c1-3-36(20-10-13-31-14-11-20)33-15-12-21-23(29)18-32-24-7-9-27(34-28(21)24)35-16-4-5-25(35)22-17-19(30)6-8-26(22)37-2/h3,6-9,15,17-18,20,25,31H,1,4-5,10-14,16H2,2H3/b33-15-/t25-/m1/s1. The zero-order chi connectivity index (χ0) is 25.8. The largest absolute Gasteiger partial charge is 0.496 e. The van der Waals surface area contributed by atoms with Crippen LogP contribution < -0.4 is 15.0 Å². The third-order valence-corrected chi connectivity index (χ3v) is 7.55. The number of benzene rings is 1. The van der Waals surface area contributed by atoms with Crippen LogP contribution in [-0.4, -0.2) is 54.0 Å². The molecule has 2 saturated heterocycles. The lowest BCUT2D eigenvalue weighted by atomic mass is 10.0. The molecule has 1 N–H and O–H groups in total. The van der Waals surface area contributed by atoms with E-state index in [0.29, 0.717) is 23.2 Å². The molecule has 0 amide bonds. The van der Waals surface area contributed by atoms with Crippen LogP contribution in [0.5, 0.6) is 5.75 Å². The van der Waals surface area contributed by atoms with E-state index in [-0.39, 0.29) is 11.9 Å². The number of rotatable bonds is 8. The Labute approximate surface area is 222 Å². The van der Waals surface area contributed by atoms with E-state index >= 15 is 0 Å². The SMILES string of the molecule is C=CN(/N=C\Cc1c(Cl)cnc2ccc(N3CCC[C@@H]3c3cc(F)ccc3OC)nc12)C1CCNCC1. The number of hydrazone groups is 1. The van der Waals surface area contributed by atoms with Gasteiger partial charge >= 0.3 is 0 Å². The van der Waals surface area contributed by atoms with Crippen molar-refractivity contribution in [3.8, 4) is 5.75 Å². The number of piperidine rings is 1. The van der Waals surface area contributed by atoms with Crippen LogP contribution in [-0.2, 0) is 6.42 Å². The Kier molecular flexibility index (Phi) is 7.86. The lowest BCUT2D eigenvalue weighted by Gasteiger charge is -2.29. The number of aromatic nitrogens is 2. The van der Waals surface area contributed by atoms with E-state index in [1.807, 2.05) is 23.4 Å². The molecule has 2 fully saturated rings. The number of nitrogens with one attached hydrogen (secondary N) is 1. The summed E-state index contributed by atoms with van der Waals surface area (Å²) >= 11 is 6.62. The van der Waals surface area contributed by atoms with Crippen molar-refractivity contribution in [2.75, 3.05) is 31.6 Å². The second kappa shape index (κ2) is 11.4.